The van der Waals surface area contributed by atoms with Crippen molar-refractivity contribution in [1.82, 2.24) is 9.29 Å². The van der Waals surface area contributed by atoms with Gasteiger partial charge < -0.3 is 14.1 Å². The lowest BCUT2D eigenvalue weighted by atomic mass is 9.80. The highest BCUT2D eigenvalue weighted by Crippen LogP contribution is 2.49. The van der Waals surface area contributed by atoms with Gasteiger partial charge in [0.1, 0.15) is 5.84 Å². The minimum atomic E-state index is 0.0675. The second kappa shape index (κ2) is 7.10. The summed E-state index contributed by atoms with van der Waals surface area (Å²) in [6.45, 7) is 1.75. The number of aromatic nitrogens is 1. The van der Waals surface area contributed by atoms with Gasteiger partial charge in [-0.25, -0.2) is 0 Å². The van der Waals surface area contributed by atoms with E-state index in [-0.39, 0.29) is 7.12 Å². The van der Waals surface area contributed by atoms with E-state index in [1.165, 1.54) is 70.0 Å². The number of hydrogen-bond acceptors (Lipinski definition) is 4. The summed E-state index contributed by atoms with van der Waals surface area (Å²) < 4.78 is 5.22. The molecule has 4 nitrogen and oxygen atoms in total. The van der Waals surface area contributed by atoms with E-state index in [0.29, 0.717) is 0 Å². The molecule has 5 heterocycles. The summed E-state index contributed by atoms with van der Waals surface area (Å²) in [5, 5.41) is 5.32. The van der Waals surface area contributed by atoms with Crippen molar-refractivity contribution in [3.05, 3.63) is 109 Å². The number of benzene rings is 5. The molecule has 5 aromatic carbocycles. The summed E-state index contributed by atoms with van der Waals surface area (Å²) in [5.74, 6) is 1.12. The van der Waals surface area contributed by atoms with Crippen LogP contribution in [0.2, 0.25) is 0 Å². The summed E-state index contributed by atoms with van der Waals surface area (Å²) in [6.07, 6.45) is 0. The smallest absolute Gasteiger partial charge is 0.358 e. The topological polar surface area (TPSA) is 23.8 Å². The second-order valence-electron chi connectivity index (χ2n) is 10.7. The predicted molar refractivity (Wildman–Crippen MR) is 166 cm³/mol. The lowest BCUT2D eigenvalue weighted by Gasteiger charge is -2.39. The van der Waals surface area contributed by atoms with Crippen molar-refractivity contribution in [2.75, 3.05) is 17.9 Å². The van der Waals surface area contributed by atoms with E-state index in [1.54, 1.807) is 0 Å². The van der Waals surface area contributed by atoms with Crippen LogP contribution in [0.5, 0.6) is 0 Å². The number of thiophene rings is 1. The zero-order valence-electron chi connectivity index (χ0n) is 21.0. The first-order valence-corrected chi connectivity index (χ1v) is 14.3. The van der Waals surface area contributed by atoms with Crippen LogP contribution in [-0.2, 0) is 0 Å². The molecule has 7 aromatic rings. The van der Waals surface area contributed by atoms with Gasteiger partial charge in [0, 0.05) is 54.3 Å². The van der Waals surface area contributed by atoms with Crippen molar-refractivity contribution < 1.29 is 0 Å². The summed E-state index contributed by atoms with van der Waals surface area (Å²) in [6, 6.07) is 38.2. The van der Waals surface area contributed by atoms with Gasteiger partial charge in [-0.15, -0.1) is 11.3 Å². The summed E-state index contributed by atoms with van der Waals surface area (Å²) in [4.78, 5) is 10.1. The van der Waals surface area contributed by atoms with Crippen LogP contribution in [0.25, 0.3) is 53.1 Å². The average molecular weight is 516 g/mol. The highest BCUT2D eigenvalue weighted by atomic mass is 32.1. The number of aliphatic imine (C=N–C) groups is 1. The molecule has 3 aliphatic rings. The molecule has 0 saturated heterocycles. The fourth-order valence-electron chi connectivity index (χ4n) is 7.18. The third-order valence-corrected chi connectivity index (χ3v) is 9.94. The van der Waals surface area contributed by atoms with E-state index in [2.05, 4.69) is 117 Å². The molecule has 10 rings (SSSR count). The van der Waals surface area contributed by atoms with Crippen LogP contribution in [0.3, 0.4) is 0 Å². The fraction of sp³-hybridized carbons (Fsp3) is 0.0606. The number of anilines is 2. The third kappa shape index (κ3) is 2.48. The first-order valence-electron chi connectivity index (χ1n) is 13.5. The molecule has 0 N–H and O–H groups in total. The monoisotopic (exact) mass is 516 g/mol. The number of fused-ring (bicyclic) bond motifs is 14. The van der Waals surface area contributed by atoms with Gasteiger partial charge in [-0.2, -0.15) is 0 Å². The fourth-order valence-corrected chi connectivity index (χ4v) is 8.26. The minimum absolute atomic E-state index is 0.0675. The Morgan fingerprint density at radius 3 is 2.44 bits per heavy atom. The molecule has 0 bridgehead atoms. The van der Waals surface area contributed by atoms with Gasteiger partial charge in [0.05, 0.1) is 17.7 Å². The quantitative estimate of drug-likeness (QED) is 0.207. The van der Waals surface area contributed by atoms with Crippen LogP contribution in [0.4, 0.5) is 11.4 Å². The van der Waals surface area contributed by atoms with Gasteiger partial charge in [0.15, 0.2) is 0 Å². The number of rotatable bonds is 1. The largest absolute Gasteiger partial charge is 0.515 e. The van der Waals surface area contributed by atoms with Crippen molar-refractivity contribution in [3.8, 4) is 11.1 Å². The number of nitrogens with zero attached hydrogens (tertiary/aromatic N) is 4. The SMILES string of the molecule is c1ccc2c(c1)sc1ccc(-c3ccc4c(c3)C3=NCCN3B3N4c4cccc5c6ccccc6n3c45)cc12. The van der Waals surface area contributed by atoms with E-state index in [1.807, 2.05) is 11.3 Å². The molecule has 6 heteroatoms. The van der Waals surface area contributed by atoms with Crippen LogP contribution >= 0.6 is 11.3 Å². The summed E-state index contributed by atoms with van der Waals surface area (Å²) in [7, 11) is 0.0675. The van der Waals surface area contributed by atoms with Gasteiger partial charge in [-0.1, -0.05) is 60.7 Å². The summed E-state index contributed by atoms with van der Waals surface area (Å²) >= 11 is 1.87. The highest BCUT2D eigenvalue weighted by Gasteiger charge is 2.50. The zero-order valence-corrected chi connectivity index (χ0v) is 21.8. The van der Waals surface area contributed by atoms with Gasteiger partial charge in [0.2, 0.25) is 0 Å². The molecular weight excluding hydrogens is 495 g/mol. The first kappa shape index (κ1) is 20.4. The Morgan fingerprint density at radius 2 is 1.46 bits per heavy atom. The molecular formula is C33H21BN4S. The Morgan fingerprint density at radius 1 is 0.667 bits per heavy atom. The zero-order chi connectivity index (χ0) is 25.2. The highest BCUT2D eigenvalue weighted by molar-refractivity contribution is 7.25. The maximum Gasteiger partial charge on any atom is 0.515 e. The van der Waals surface area contributed by atoms with Crippen molar-refractivity contribution in [2.45, 2.75) is 0 Å². The minimum Gasteiger partial charge on any atom is -0.358 e. The van der Waals surface area contributed by atoms with Crippen LogP contribution in [-0.4, -0.2) is 35.3 Å². The second-order valence-corrected chi connectivity index (χ2v) is 11.8. The average Bonchev–Trinajstić information content (AvgIpc) is 3.76. The molecule has 0 unspecified atom stereocenters. The van der Waals surface area contributed by atoms with Gasteiger partial charge >= 0.3 is 7.12 Å². The molecule has 0 radical (unpaired) electrons. The molecule has 0 aliphatic carbocycles. The van der Waals surface area contributed by atoms with E-state index in [4.69, 9.17) is 4.99 Å². The van der Waals surface area contributed by atoms with Crippen molar-refractivity contribution in [1.29, 1.82) is 0 Å². The predicted octanol–water partition coefficient (Wildman–Crippen LogP) is 7.89. The van der Waals surface area contributed by atoms with Crippen molar-refractivity contribution in [3.63, 3.8) is 0 Å². The molecule has 0 fully saturated rings. The van der Waals surface area contributed by atoms with Crippen LogP contribution in [0.1, 0.15) is 5.56 Å². The van der Waals surface area contributed by atoms with Gasteiger partial charge in [-0.05, 0) is 53.6 Å². The van der Waals surface area contributed by atoms with Gasteiger partial charge in [0.25, 0.3) is 0 Å². The Balaban J connectivity index is 1.20. The maximum atomic E-state index is 5.07. The molecule has 182 valence electrons. The summed E-state index contributed by atoms with van der Waals surface area (Å²) in [5.41, 5.74) is 8.84. The maximum absolute atomic E-state index is 5.07. The third-order valence-electron chi connectivity index (χ3n) is 8.79. The first-order chi connectivity index (χ1) is 19.3. The van der Waals surface area contributed by atoms with E-state index < -0.39 is 0 Å². The van der Waals surface area contributed by atoms with Crippen LogP contribution in [0, 0.1) is 0 Å². The standard InChI is InChI=1S/C33H21BN4S/c1-3-9-27-22(6-1)24-8-5-10-29-32(24)38(27)34-36-17-16-35-33(36)26-19-20(12-14-28(26)37(29)34)21-13-15-31-25(18-21)23-7-2-4-11-30(23)39-31/h1-15,18-19H,16-17H2. The van der Waals surface area contributed by atoms with Crippen molar-refractivity contribution >= 4 is 77.6 Å². The van der Waals surface area contributed by atoms with E-state index >= 15 is 0 Å². The van der Waals surface area contributed by atoms with Crippen LogP contribution in [0.15, 0.2) is 108 Å². The Bertz CT molecular complexity index is 2220. The van der Waals surface area contributed by atoms with Gasteiger partial charge in [-0.3, -0.25) is 4.99 Å². The molecule has 0 amide bonds. The lowest BCUT2D eigenvalue weighted by Crippen LogP contribution is -2.58. The number of hydrogen-bond donors (Lipinski definition) is 0. The molecule has 2 aromatic heterocycles. The van der Waals surface area contributed by atoms with E-state index in [0.717, 1.165) is 18.9 Å². The van der Waals surface area contributed by atoms with Crippen LogP contribution < -0.4 is 4.81 Å². The number of para-hydroxylation sites is 2. The molecule has 39 heavy (non-hydrogen) atoms. The molecule has 0 saturated carbocycles. The Hall–Kier alpha value is -4.55. The Labute approximate surface area is 229 Å². The van der Waals surface area contributed by atoms with Crippen molar-refractivity contribution in [2.24, 2.45) is 4.99 Å². The molecule has 3 aliphatic heterocycles. The normalized spacial score (nSPS) is 15.5. The number of amidine groups is 1. The molecule has 0 spiro atoms. The van der Waals surface area contributed by atoms with E-state index in [9.17, 15) is 0 Å². The molecule has 0 atom stereocenters. The Kier molecular flexibility index (Phi) is 3.72. The lowest BCUT2D eigenvalue weighted by molar-refractivity contribution is 0.663.